The molecule has 0 radical (unpaired) electrons. The number of nitrogens with one attached hydrogen (secondary N) is 1. The van der Waals surface area contributed by atoms with Crippen molar-refractivity contribution in [3.63, 3.8) is 0 Å². The zero-order valence-electron chi connectivity index (χ0n) is 15.2. The lowest BCUT2D eigenvalue weighted by molar-refractivity contribution is -0.122. The largest absolute Gasteiger partial charge is 0.354 e. The number of carbonyl (C=O) groups excluding carboxylic acids is 1. The van der Waals surface area contributed by atoms with Gasteiger partial charge in [-0.3, -0.25) is 14.5 Å². The number of hydrogen-bond acceptors (Lipinski definition) is 5. The summed E-state index contributed by atoms with van der Waals surface area (Å²) in [5.74, 6) is 1.37. The predicted octanol–water partition coefficient (Wildman–Crippen LogP) is 0.488. The normalized spacial score (nSPS) is 15.9. The molecule has 2 aromatic rings. The molecule has 1 aliphatic heterocycles. The molecule has 0 saturated carbocycles. The Morgan fingerprint density at radius 3 is 2.81 bits per heavy atom. The maximum Gasteiger partial charge on any atom is 0.250 e. The van der Waals surface area contributed by atoms with Gasteiger partial charge in [-0.2, -0.15) is 0 Å². The average Bonchev–Trinajstić information content (AvgIpc) is 3.10. The van der Waals surface area contributed by atoms with E-state index in [0.29, 0.717) is 12.5 Å². The van der Waals surface area contributed by atoms with Crippen LogP contribution in [0.3, 0.4) is 0 Å². The van der Waals surface area contributed by atoms with Crippen molar-refractivity contribution in [2.24, 2.45) is 5.92 Å². The summed E-state index contributed by atoms with van der Waals surface area (Å²) in [6, 6.07) is 4.89. The molecule has 0 aromatic carbocycles. The molecule has 3 rings (SSSR count). The SMILES string of the molecule is CCn1cnnc1CN1CCC(CNC(=O)Cn2ccccc2=O)CC1. The molecule has 8 nitrogen and oxygen atoms in total. The van der Waals surface area contributed by atoms with Gasteiger partial charge in [-0.15, -0.1) is 10.2 Å². The van der Waals surface area contributed by atoms with Crippen LogP contribution in [0, 0.1) is 5.92 Å². The Labute approximate surface area is 152 Å². The molecule has 1 N–H and O–H groups in total. The molecule has 2 aromatic heterocycles. The number of aryl methyl sites for hydroxylation is 1. The van der Waals surface area contributed by atoms with E-state index >= 15 is 0 Å². The van der Waals surface area contributed by atoms with Gasteiger partial charge in [0.2, 0.25) is 5.91 Å². The van der Waals surface area contributed by atoms with Crippen molar-refractivity contribution in [2.45, 2.75) is 39.4 Å². The highest BCUT2D eigenvalue weighted by molar-refractivity contribution is 5.75. The zero-order valence-corrected chi connectivity index (χ0v) is 15.2. The van der Waals surface area contributed by atoms with E-state index in [2.05, 4.69) is 31.9 Å². The van der Waals surface area contributed by atoms with Crippen LogP contribution in [-0.4, -0.2) is 49.8 Å². The summed E-state index contributed by atoms with van der Waals surface area (Å²) in [4.78, 5) is 26.1. The Bertz CT molecular complexity index is 776. The lowest BCUT2D eigenvalue weighted by Gasteiger charge is -2.31. The molecule has 0 spiro atoms. The molecule has 3 heterocycles. The lowest BCUT2D eigenvalue weighted by Crippen LogP contribution is -2.40. The van der Waals surface area contributed by atoms with Crippen molar-refractivity contribution < 1.29 is 4.79 Å². The Morgan fingerprint density at radius 2 is 2.08 bits per heavy atom. The first-order chi connectivity index (χ1) is 12.7. The summed E-state index contributed by atoms with van der Waals surface area (Å²) in [5, 5.41) is 11.1. The van der Waals surface area contributed by atoms with E-state index < -0.39 is 0 Å². The second kappa shape index (κ2) is 8.75. The summed E-state index contributed by atoms with van der Waals surface area (Å²) in [5.41, 5.74) is -0.157. The maximum atomic E-state index is 12.1. The van der Waals surface area contributed by atoms with Crippen molar-refractivity contribution in [1.29, 1.82) is 0 Å². The number of piperidine rings is 1. The van der Waals surface area contributed by atoms with Gasteiger partial charge in [0.25, 0.3) is 5.56 Å². The first kappa shape index (κ1) is 18.3. The Balaban J connectivity index is 1.39. The van der Waals surface area contributed by atoms with E-state index in [0.717, 1.165) is 44.8 Å². The van der Waals surface area contributed by atoms with Gasteiger partial charge in [-0.1, -0.05) is 6.07 Å². The third-order valence-corrected chi connectivity index (χ3v) is 4.91. The van der Waals surface area contributed by atoms with Crippen LogP contribution in [0.5, 0.6) is 0 Å². The fourth-order valence-electron chi connectivity index (χ4n) is 3.27. The number of nitrogens with zero attached hydrogens (tertiary/aromatic N) is 5. The molecule has 0 aliphatic carbocycles. The smallest absolute Gasteiger partial charge is 0.250 e. The van der Waals surface area contributed by atoms with Crippen molar-refractivity contribution >= 4 is 5.91 Å². The quantitative estimate of drug-likeness (QED) is 0.779. The van der Waals surface area contributed by atoms with Gasteiger partial charge in [0.1, 0.15) is 18.7 Å². The van der Waals surface area contributed by atoms with Gasteiger partial charge in [-0.25, -0.2) is 0 Å². The number of hydrogen-bond donors (Lipinski definition) is 1. The van der Waals surface area contributed by atoms with Crippen molar-refractivity contribution in [3.05, 3.63) is 46.9 Å². The minimum Gasteiger partial charge on any atom is -0.354 e. The number of likely N-dealkylation sites (tertiary alicyclic amines) is 1. The molecule has 1 amide bonds. The third-order valence-electron chi connectivity index (χ3n) is 4.91. The van der Waals surface area contributed by atoms with Crippen molar-refractivity contribution in [1.82, 2.24) is 29.5 Å². The molecule has 140 valence electrons. The van der Waals surface area contributed by atoms with Crippen LogP contribution in [-0.2, 0) is 24.4 Å². The van der Waals surface area contributed by atoms with Crippen molar-refractivity contribution in [3.8, 4) is 0 Å². The summed E-state index contributed by atoms with van der Waals surface area (Å²) in [7, 11) is 0. The molecule has 1 fully saturated rings. The fourth-order valence-corrected chi connectivity index (χ4v) is 3.27. The first-order valence-corrected chi connectivity index (χ1v) is 9.17. The van der Waals surface area contributed by atoms with Crippen LogP contribution in [0.15, 0.2) is 35.5 Å². The highest BCUT2D eigenvalue weighted by atomic mass is 16.2. The van der Waals surface area contributed by atoms with Gasteiger partial charge in [0.15, 0.2) is 0 Å². The molecule has 1 saturated heterocycles. The Kier molecular flexibility index (Phi) is 6.17. The highest BCUT2D eigenvalue weighted by Crippen LogP contribution is 2.17. The van der Waals surface area contributed by atoms with Gasteiger partial charge in [0.05, 0.1) is 6.54 Å². The summed E-state index contributed by atoms with van der Waals surface area (Å²) >= 11 is 0. The fraction of sp³-hybridized carbons (Fsp3) is 0.556. The van der Waals surface area contributed by atoms with E-state index in [4.69, 9.17) is 0 Å². The molecular formula is C18H26N6O2. The average molecular weight is 358 g/mol. The summed E-state index contributed by atoms with van der Waals surface area (Å²) < 4.78 is 3.49. The first-order valence-electron chi connectivity index (χ1n) is 9.17. The molecule has 1 aliphatic rings. The second-order valence-electron chi connectivity index (χ2n) is 6.72. The Hall–Kier alpha value is -2.48. The van der Waals surface area contributed by atoms with Crippen molar-refractivity contribution in [2.75, 3.05) is 19.6 Å². The summed E-state index contributed by atoms with van der Waals surface area (Å²) in [6.45, 7) is 6.53. The van der Waals surface area contributed by atoms with Crippen LogP contribution >= 0.6 is 0 Å². The number of aromatic nitrogens is 4. The zero-order chi connectivity index (χ0) is 18.4. The topological polar surface area (TPSA) is 85.1 Å². The minimum absolute atomic E-state index is 0.0746. The standard InChI is InChI=1S/C18H26N6O2/c1-2-23-14-20-21-16(23)12-22-9-6-15(7-10-22)11-19-17(25)13-24-8-4-3-5-18(24)26/h3-5,8,14-15H,2,6-7,9-13H2,1H3,(H,19,25). The number of rotatable bonds is 7. The van der Waals surface area contributed by atoms with Crippen LogP contribution < -0.4 is 10.9 Å². The van der Waals surface area contributed by atoms with E-state index in [-0.39, 0.29) is 18.0 Å². The molecule has 0 atom stereocenters. The van der Waals surface area contributed by atoms with E-state index in [1.165, 1.54) is 10.6 Å². The van der Waals surface area contributed by atoms with Crippen LogP contribution in [0.1, 0.15) is 25.6 Å². The second-order valence-corrected chi connectivity index (χ2v) is 6.72. The minimum atomic E-state index is -0.157. The van der Waals surface area contributed by atoms with E-state index in [1.807, 2.05) is 0 Å². The molecule has 8 heteroatoms. The third kappa shape index (κ3) is 4.78. The predicted molar refractivity (Wildman–Crippen MR) is 97.4 cm³/mol. The number of pyridine rings is 1. The molecular weight excluding hydrogens is 332 g/mol. The van der Waals surface area contributed by atoms with Crippen LogP contribution in [0.25, 0.3) is 0 Å². The maximum absolute atomic E-state index is 12.1. The van der Waals surface area contributed by atoms with Crippen LogP contribution in [0.4, 0.5) is 0 Å². The molecule has 26 heavy (non-hydrogen) atoms. The monoisotopic (exact) mass is 358 g/mol. The van der Waals surface area contributed by atoms with Gasteiger partial charge >= 0.3 is 0 Å². The highest BCUT2D eigenvalue weighted by Gasteiger charge is 2.21. The number of carbonyl (C=O) groups is 1. The van der Waals surface area contributed by atoms with E-state index in [1.54, 1.807) is 24.7 Å². The molecule has 0 unspecified atom stereocenters. The lowest BCUT2D eigenvalue weighted by atomic mass is 9.97. The van der Waals surface area contributed by atoms with Gasteiger partial charge in [-0.05, 0) is 44.8 Å². The molecule has 0 bridgehead atoms. The summed E-state index contributed by atoms with van der Waals surface area (Å²) in [6.07, 6.45) is 5.50. The van der Waals surface area contributed by atoms with Gasteiger partial charge < -0.3 is 14.5 Å². The Morgan fingerprint density at radius 1 is 1.27 bits per heavy atom. The van der Waals surface area contributed by atoms with Crippen LogP contribution in [0.2, 0.25) is 0 Å². The number of amides is 1. The van der Waals surface area contributed by atoms with Gasteiger partial charge in [0, 0.05) is 25.4 Å². The van der Waals surface area contributed by atoms with E-state index in [9.17, 15) is 9.59 Å².